The zero-order chi connectivity index (χ0) is 41.4. The number of hydrogen-bond acceptors (Lipinski definition) is 4. The van der Waals surface area contributed by atoms with Gasteiger partial charge in [0, 0.05) is 37.9 Å². The fourth-order valence-electron chi connectivity index (χ4n) is 9.42. The molecule has 13 aromatic rings. The molecule has 13 rings (SSSR count). The smallest absolute Gasteiger partial charge is 0.240 e. The van der Waals surface area contributed by atoms with Crippen molar-refractivity contribution in [1.82, 2.24) is 24.1 Å². The Kier molecular flexibility index (Phi) is 7.80. The lowest BCUT2D eigenvalue weighted by Crippen LogP contribution is -2.10. The van der Waals surface area contributed by atoms with Gasteiger partial charge in [-0.2, -0.15) is 15.0 Å². The van der Waals surface area contributed by atoms with Gasteiger partial charge in [0.2, 0.25) is 11.9 Å². The van der Waals surface area contributed by atoms with E-state index >= 15 is 0 Å². The molecule has 4 aromatic heterocycles. The normalized spacial score (nSPS) is 11.8. The Bertz CT molecular complexity index is 3770. The Morgan fingerprint density at radius 2 is 0.698 bits per heavy atom. The van der Waals surface area contributed by atoms with Crippen LogP contribution in [0.25, 0.3) is 122 Å². The quantitative estimate of drug-likeness (QED) is 0.168. The van der Waals surface area contributed by atoms with E-state index < -0.39 is 0 Å². The minimum Gasteiger partial charge on any atom is -0.456 e. The lowest BCUT2D eigenvalue weighted by molar-refractivity contribution is 0.669. The molecule has 0 spiro atoms. The molecule has 0 fully saturated rings. The summed E-state index contributed by atoms with van der Waals surface area (Å²) in [6, 6.07) is 74.5. The Morgan fingerprint density at radius 1 is 0.270 bits per heavy atom. The maximum Gasteiger partial charge on any atom is 0.240 e. The van der Waals surface area contributed by atoms with E-state index in [-0.39, 0.29) is 0 Å². The van der Waals surface area contributed by atoms with Gasteiger partial charge in [0.05, 0.1) is 22.1 Å². The van der Waals surface area contributed by atoms with Crippen LogP contribution in [0.5, 0.6) is 0 Å². The van der Waals surface area contributed by atoms with Crippen LogP contribution in [0, 0.1) is 0 Å². The van der Waals surface area contributed by atoms with Crippen molar-refractivity contribution < 1.29 is 4.42 Å². The van der Waals surface area contributed by atoms with Gasteiger partial charge < -0.3 is 4.42 Å². The number of benzene rings is 9. The van der Waals surface area contributed by atoms with Crippen molar-refractivity contribution in [2.45, 2.75) is 0 Å². The fourth-order valence-corrected chi connectivity index (χ4v) is 9.42. The van der Waals surface area contributed by atoms with E-state index in [0.717, 1.165) is 104 Å². The zero-order valence-corrected chi connectivity index (χ0v) is 33.9. The summed E-state index contributed by atoms with van der Waals surface area (Å²) >= 11 is 0. The van der Waals surface area contributed by atoms with Crippen LogP contribution in [0.3, 0.4) is 0 Å². The van der Waals surface area contributed by atoms with Crippen LogP contribution in [0.2, 0.25) is 0 Å². The van der Waals surface area contributed by atoms with E-state index in [1.165, 1.54) is 0 Å². The molecular weight excluding hydrogens is 771 g/mol. The van der Waals surface area contributed by atoms with Crippen molar-refractivity contribution in [1.29, 1.82) is 0 Å². The average molecular weight is 806 g/mol. The molecule has 4 heterocycles. The van der Waals surface area contributed by atoms with Crippen molar-refractivity contribution in [3.8, 4) is 56.7 Å². The predicted octanol–water partition coefficient (Wildman–Crippen LogP) is 14.6. The number of furan rings is 1. The first-order chi connectivity index (χ1) is 31.2. The first-order valence-corrected chi connectivity index (χ1v) is 21.2. The van der Waals surface area contributed by atoms with Crippen molar-refractivity contribution in [2.24, 2.45) is 0 Å². The van der Waals surface area contributed by atoms with Crippen LogP contribution < -0.4 is 0 Å². The monoisotopic (exact) mass is 805 g/mol. The van der Waals surface area contributed by atoms with Gasteiger partial charge in [0.15, 0.2) is 5.82 Å². The minimum absolute atomic E-state index is 0.529. The SMILES string of the molecule is c1ccc(-c2ccc3c4ccc(-c5ccccc5)cc4n(-c4nc(-c5cccc(-c6ccc7c(c6)oc6ccccc67)c5)nc(-n5c6ccccc6c6ccccc65)n4)c3c2)cc1. The summed E-state index contributed by atoms with van der Waals surface area (Å²) in [6.45, 7) is 0. The molecule has 0 aliphatic carbocycles. The molecule has 0 atom stereocenters. The zero-order valence-electron chi connectivity index (χ0n) is 33.9. The van der Waals surface area contributed by atoms with Gasteiger partial charge in [-0.3, -0.25) is 9.13 Å². The van der Waals surface area contributed by atoms with Gasteiger partial charge in [-0.05, 0) is 81.9 Å². The van der Waals surface area contributed by atoms with E-state index in [1.807, 2.05) is 12.1 Å². The van der Waals surface area contributed by atoms with Crippen LogP contribution in [0.4, 0.5) is 0 Å². The summed E-state index contributed by atoms with van der Waals surface area (Å²) in [5.41, 5.74) is 13.3. The van der Waals surface area contributed by atoms with E-state index in [1.54, 1.807) is 0 Å². The summed E-state index contributed by atoms with van der Waals surface area (Å²) < 4.78 is 10.7. The highest BCUT2D eigenvalue weighted by atomic mass is 16.3. The number of aromatic nitrogens is 5. The molecule has 0 unspecified atom stereocenters. The third kappa shape index (κ3) is 5.69. The highest BCUT2D eigenvalue weighted by molar-refractivity contribution is 6.12. The molecule has 0 aliphatic rings. The standard InChI is InChI=1S/C57H35N5O/c1-3-14-36(15-4-1)39-26-29-45-46-30-27-40(37-16-5-2-6-17-37)34-52(46)62(51(45)33-39)57-59-55(58-56(60-57)61-49-23-10-7-20-43(49)44-21-8-11-24-50(44)61)42-19-13-18-38(32-42)41-28-31-48-47-22-9-12-25-53(47)63-54(48)35-41/h1-35H. The predicted molar refractivity (Wildman–Crippen MR) is 258 cm³/mol. The van der Waals surface area contributed by atoms with Crippen LogP contribution in [0.1, 0.15) is 0 Å². The maximum atomic E-state index is 6.32. The van der Waals surface area contributed by atoms with Gasteiger partial charge in [-0.25, -0.2) is 0 Å². The Morgan fingerprint density at radius 3 is 1.32 bits per heavy atom. The first kappa shape index (κ1) is 35.2. The third-order valence-electron chi connectivity index (χ3n) is 12.4. The van der Waals surface area contributed by atoms with E-state index in [4.69, 9.17) is 19.4 Å². The highest BCUT2D eigenvalue weighted by Gasteiger charge is 2.22. The fraction of sp³-hybridized carbons (Fsp3) is 0. The molecule has 63 heavy (non-hydrogen) atoms. The lowest BCUT2D eigenvalue weighted by atomic mass is 10.0. The molecule has 0 radical (unpaired) electrons. The summed E-state index contributed by atoms with van der Waals surface area (Å²) in [5, 5.41) is 6.72. The summed E-state index contributed by atoms with van der Waals surface area (Å²) in [4.78, 5) is 16.3. The van der Waals surface area contributed by atoms with Gasteiger partial charge in [-0.15, -0.1) is 0 Å². The van der Waals surface area contributed by atoms with Crippen LogP contribution in [0.15, 0.2) is 217 Å². The van der Waals surface area contributed by atoms with E-state index in [0.29, 0.717) is 17.7 Å². The van der Waals surface area contributed by atoms with E-state index in [2.05, 4.69) is 209 Å². The molecule has 0 N–H and O–H groups in total. The molecular formula is C57H35N5O. The van der Waals surface area contributed by atoms with Crippen LogP contribution in [-0.4, -0.2) is 24.1 Å². The minimum atomic E-state index is 0.529. The molecule has 9 aromatic carbocycles. The van der Waals surface area contributed by atoms with Gasteiger partial charge >= 0.3 is 0 Å². The van der Waals surface area contributed by atoms with Crippen molar-refractivity contribution in [3.05, 3.63) is 212 Å². The number of para-hydroxylation sites is 3. The largest absolute Gasteiger partial charge is 0.456 e. The topological polar surface area (TPSA) is 61.7 Å². The molecule has 0 aliphatic heterocycles. The molecule has 6 nitrogen and oxygen atoms in total. The number of nitrogens with zero attached hydrogens (tertiary/aromatic N) is 5. The highest BCUT2D eigenvalue weighted by Crippen LogP contribution is 2.39. The molecule has 294 valence electrons. The number of hydrogen-bond donors (Lipinski definition) is 0. The molecule has 0 bridgehead atoms. The van der Waals surface area contributed by atoms with Gasteiger partial charge in [0.1, 0.15) is 11.2 Å². The molecule has 0 amide bonds. The Labute approximate surface area is 361 Å². The number of fused-ring (bicyclic) bond motifs is 9. The first-order valence-electron chi connectivity index (χ1n) is 21.2. The summed E-state index contributed by atoms with van der Waals surface area (Å²) in [5.74, 6) is 1.63. The molecule has 0 saturated carbocycles. The maximum absolute atomic E-state index is 6.32. The van der Waals surface area contributed by atoms with Crippen molar-refractivity contribution in [3.63, 3.8) is 0 Å². The molecule has 0 saturated heterocycles. The third-order valence-corrected chi connectivity index (χ3v) is 12.4. The van der Waals surface area contributed by atoms with Gasteiger partial charge in [0.25, 0.3) is 0 Å². The average Bonchev–Trinajstić information content (AvgIpc) is 4.01. The Hall–Kier alpha value is -8.61. The summed E-state index contributed by atoms with van der Waals surface area (Å²) in [7, 11) is 0. The van der Waals surface area contributed by atoms with Crippen LogP contribution >= 0.6 is 0 Å². The second-order valence-electron chi connectivity index (χ2n) is 16.1. The Balaban J connectivity index is 1.09. The lowest BCUT2D eigenvalue weighted by Gasteiger charge is -2.14. The van der Waals surface area contributed by atoms with Gasteiger partial charge in [-0.1, -0.05) is 164 Å². The molecule has 6 heteroatoms. The van der Waals surface area contributed by atoms with Crippen LogP contribution in [-0.2, 0) is 0 Å². The van der Waals surface area contributed by atoms with E-state index in [9.17, 15) is 0 Å². The van der Waals surface area contributed by atoms with Crippen molar-refractivity contribution >= 4 is 65.6 Å². The van der Waals surface area contributed by atoms with Crippen molar-refractivity contribution in [2.75, 3.05) is 0 Å². The summed E-state index contributed by atoms with van der Waals surface area (Å²) in [6.07, 6.45) is 0. The second-order valence-corrected chi connectivity index (χ2v) is 16.1. The number of rotatable bonds is 6. The second kappa shape index (κ2) is 14.0.